The lowest BCUT2D eigenvalue weighted by Gasteiger charge is -2.36. The molecule has 2 aromatic carbocycles. The van der Waals surface area contributed by atoms with E-state index in [0.29, 0.717) is 42.3 Å². The number of rotatable bonds is 2. The summed E-state index contributed by atoms with van der Waals surface area (Å²) in [7, 11) is 0. The smallest absolute Gasteiger partial charge is 0.352 e. The number of alkyl halides is 6. The number of para-hydroxylation sites is 2. The molecular weight excluding hydrogens is 450 g/mol. The van der Waals surface area contributed by atoms with Crippen molar-refractivity contribution in [3.8, 4) is 0 Å². The molecule has 1 aliphatic rings. The lowest BCUT2D eigenvalue weighted by molar-refractivity contribution is -0.143. The molecule has 33 heavy (non-hydrogen) atoms. The summed E-state index contributed by atoms with van der Waals surface area (Å²) < 4.78 is 78.7. The van der Waals surface area contributed by atoms with E-state index in [-0.39, 0.29) is 19.2 Å². The fraction of sp³-hybridized carbons (Fsp3) is 0.318. The molecular formula is C22H18F6N4O. The zero-order valence-corrected chi connectivity index (χ0v) is 17.3. The average molecular weight is 468 g/mol. The zero-order chi connectivity index (χ0) is 24.0. The number of hydrogen-bond donors (Lipinski definition) is 0. The first kappa shape index (κ1) is 22.8. The van der Waals surface area contributed by atoms with Crippen LogP contribution in [0, 0.1) is 6.92 Å². The molecule has 0 atom stereocenters. The number of hydrogen-bond acceptors (Lipinski definition) is 4. The van der Waals surface area contributed by atoms with Gasteiger partial charge in [-0.25, -0.2) is 9.97 Å². The monoisotopic (exact) mass is 468 g/mol. The van der Waals surface area contributed by atoms with Gasteiger partial charge in [0, 0.05) is 31.7 Å². The Hall–Kier alpha value is -3.37. The number of nitrogens with zero attached hydrogens (tertiary/aromatic N) is 4. The van der Waals surface area contributed by atoms with E-state index in [9.17, 15) is 31.1 Å². The Bertz CT molecular complexity index is 1170. The molecule has 0 saturated carbocycles. The lowest BCUT2D eigenvalue weighted by atomic mass is 10.0. The van der Waals surface area contributed by atoms with Gasteiger partial charge in [0.15, 0.2) is 5.82 Å². The Kier molecular flexibility index (Phi) is 5.67. The van der Waals surface area contributed by atoms with Crippen molar-refractivity contribution in [1.29, 1.82) is 0 Å². The van der Waals surface area contributed by atoms with Crippen LogP contribution in [0.15, 0.2) is 42.5 Å². The minimum Gasteiger partial charge on any atom is -0.352 e. The fourth-order valence-corrected chi connectivity index (χ4v) is 3.76. The average Bonchev–Trinajstić information content (AvgIpc) is 2.77. The molecule has 0 N–H and O–H groups in total. The van der Waals surface area contributed by atoms with Crippen LogP contribution in [0.2, 0.25) is 0 Å². The topological polar surface area (TPSA) is 49.3 Å². The predicted octanol–water partition coefficient (Wildman–Crippen LogP) is 4.94. The number of aromatic nitrogens is 2. The Morgan fingerprint density at radius 2 is 1.33 bits per heavy atom. The zero-order valence-electron chi connectivity index (χ0n) is 17.3. The van der Waals surface area contributed by atoms with Crippen LogP contribution >= 0.6 is 0 Å². The predicted molar refractivity (Wildman–Crippen MR) is 109 cm³/mol. The van der Waals surface area contributed by atoms with Crippen molar-refractivity contribution in [2.24, 2.45) is 0 Å². The summed E-state index contributed by atoms with van der Waals surface area (Å²) in [5, 5.41) is 0. The summed E-state index contributed by atoms with van der Waals surface area (Å²) in [6, 6.07) is 8.26. The highest BCUT2D eigenvalue weighted by Crippen LogP contribution is 2.36. The van der Waals surface area contributed by atoms with Gasteiger partial charge in [-0.05, 0) is 37.3 Å². The number of anilines is 1. The van der Waals surface area contributed by atoms with Crippen molar-refractivity contribution >= 4 is 22.8 Å². The van der Waals surface area contributed by atoms with Gasteiger partial charge in [0.05, 0.1) is 27.9 Å². The molecule has 0 unspecified atom stereocenters. The second-order valence-electron chi connectivity index (χ2n) is 7.70. The highest BCUT2D eigenvalue weighted by Gasteiger charge is 2.38. The summed E-state index contributed by atoms with van der Waals surface area (Å²) >= 11 is 0. The van der Waals surface area contributed by atoms with Gasteiger partial charge >= 0.3 is 12.4 Å². The Morgan fingerprint density at radius 1 is 0.818 bits per heavy atom. The second kappa shape index (κ2) is 8.20. The summed E-state index contributed by atoms with van der Waals surface area (Å²) in [5.41, 5.74) is -1.56. The van der Waals surface area contributed by atoms with Crippen LogP contribution in [0.3, 0.4) is 0 Å². The molecule has 1 saturated heterocycles. The fourth-order valence-electron chi connectivity index (χ4n) is 3.76. The first-order valence-corrected chi connectivity index (χ1v) is 10.0. The molecule has 0 aliphatic carbocycles. The van der Waals surface area contributed by atoms with E-state index >= 15 is 0 Å². The SMILES string of the molecule is Cc1nc2ccccc2nc1N1CCN(C(=O)c2cc(C(F)(F)F)cc(C(F)(F)F)c2)CC1. The van der Waals surface area contributed by atoms with Gasteiger partial charge in [0.25, 0.3) is 5.91 Å². The summed E-state index contributed by atoms with van der Waals surface area (Å²) in [5.74, 6) is -0.258. The summed E-state index contributed by atoms with van der Waals surface area (Å²) in [6.45, 7) is 2.65. The number of fused-ring (bicyclic) bond motifs is 1. The third-order valence-corrected chi connectivity index (χ3v) is 5.42. The van der Waals surface area contributed by atoms with E-state index in [1.807, 2.05) is 29.2 Å². The van der Waals surface area contributed by atoms with E-state index in [4.69, 9.17) is 0 Å². The molecule has 1 fully saturated rings. The Morgan fingerprint density at radius 3 is 1.85 bits per heavy atom. The maximum Gasteiger partial charge on any atom is 0.416 e. The Labute approximate surface area is 184 Å². The highest BCUT2D eigenvalue weighted by molar-refractivity contribution is 5.95. The van der Waals surface area contributed by atoms with E-state index in [0.717, 1.165) is 5.52 Å². The maximum atomic E-state index is 13.1. The van der Waals surface area contributed by atoms with Crippen LogP contribution < -0.4 is 4.90 Å². The molecule has 2 heterocycles. The van der Waals surface area contributed by atoms with Crippen molar-refractivity contribution in [2.45, 2.75) is 19.3 Å². The van der Waals surface area contributed by atoms with Crippen LogP contribution in [0.5, 0.6) is 0 Å². The quantitative estimate of drug-likeness (QED) is 0.500. The van der Waals surface area contributed by atoms with Crippen LogP contribution in [0.25, 0.3) is 11.0 Å². The Balaban J connectivity index is 1.55. The first-order valence-electron chi connectivity index (χ1n) is 10.0. The van der Waals surface area contributed by atoms with Gasteiger partial charge in [-0.1, -0.05) is 12.1 Å². The van der Waals surface area contributed by atoms with Gasteiger partial charge in [0.2, 0.25) is 0 Å². The standard InChI is InChI=1S/C22H18F6N4O/c1-13-19(30-18-5-3-2-4-17(18)29-13)31-6-8-32(9-7-31)20(33)14-10-15(21(23,24)25)12-16(11-14)22(26,27)28/h2-5,10-12H,6-9H2,1H3. The third-order valence-electron chi connectivity index (χ3n) is 5.42. The van der Waals surface area contributed by atoms with Gasteiger partial charge < -0.3 is 9.80 Å². The third kappa shape index (κ3) is 4.71. The largest absolute Gasteiger partial charge is 0.416 e. The van der Waals surface area contributed by atoms with Crippen LogP contribution in [0.1, 0.15) is 27.2 Å². The van der Waals surface area contributed by atoms with E-state index < -0.39 is 35.0 Å². The molecule has 4 rings (SSSR count). The van der Waals surface area contributed by atoms with E-state index in [1.54, 1.807) is 6.92 Å². The molecule has 0 bridgehead atoms. The molecule has 1 aliphatic heterocycles. The van der Waals surface area contributed by atoms with Crippen molar-refractivity contribution in [3.05, 3.63) is 64.8 Å². The van der Waals surface area contributed by atoms with Crippen molar-refractivity contribution in [2.75, 3.05) is 31.1 Å². The maximum absolute atomic E-state index is 13.1. The van der Waals surface area contributed by atoms with Gasteiger partial charge in [-0.15, -0.1) is 0 Å². The van der Waals surface area contributed by atoms with Crippen molar-refractivity contribution < 1.29 is 31.1 Å². The lowest BCUT2D eigenvalue weighted by Crippen LogP contribution is -2.49. The normalized spacial score (nSPS) is 15.2. The molecule has 3 aromatic rings. The van der Waals surface area contributed by atoms with Crippen molar-refractivity contribution in [1.82, 2.24) is 14.9 Å². The van der Waals surface area contributed by atoms with Gasteiger partial charge in [-0.2, -0.15) is 26.3 Å². The number of carbonyl (C=O) groups excluding carboxylic acids is 1. The number of piperazine rings is 1. The molecule has 11 heteroatoms. The number of amides is 1. The molecule has 0 spiro atoms. The second-order valence-corrected chi connectivity index (χ2v) is 7.70. The van der Waals surface area contributed by atoms with Crippen molar-refractivity contribution in [3.63, 3.8) is 0 Å². The van der Waals surface area contributed by atoms with Gasteiger partial charge in [0.1, 0.15) is 0 Å². The van der Waals surface area contributed by atoms with Crippen LogP contribution in [0.4, 0.5) is 32.2 Å². The molecule has 5 nitrogen and oxygen atoms in total. The molecule has 174 valence electrons. The molecule has 0 radical (unpaired) electrons. The van der Waals surface area contributed by atoms with Crippen LogP contribution in [-0.4, -0.2) is 47.0 Å². The minimum absolute atomic E-state index is 0.00981. The van der Waals surface area contributed by atoms with Gasteiger partial charge in [-0.3, -0.25) is 4.79 Å². The number of aryl methyl sites for hydroxylation is 1. The highest BCUT2D eigenvalue weighted by atomic mass is 19.4. The first-order chi connectivity index (χ1) is 15.4. The van der Waals surface area contributed by atoms with E-state index in [1.165, 1.54) is 4.90 Å². The minimum atomic E-state index is -5.01. The summed E-state index contributed by atoms with van der Waals surface area (Å²) in [4.78, 5) is 25.1. The number of benzene rings is 2. The summed E-state index contributed by atoms with van der Waals surface area (Å²) in [6.07, 6.45) is -10.0. The number of halogens is 6. The van der Waals surface area contributed by atoms with Crippen LogP contribution in [-0.2, 0) is 12.4 Å². The molecule has 1 aromatic heterocycles. The molecule has 1 amide bonds. The van der Waals surface area contributed by atoms with E-state index in [2.05, 4.69) is 9.97 Å². The number of carbonyl (C=O) groups is 1.